The van der Waals surface area contributed by atoms with E-state index in [0.29, 0.717) is 6.04 Å². The van der Waals surface area contributed by atoms with Gasteiger partial charge in [0.15, 0.2) is 0 Å². The molecule has 1 fully saturated rings. The Morgan fingerprint density at radius 2 is 2.04 bits per heavy atom. The van der Waals surface area contributed by atoms with E-state index in [0.717, 1.165) is 44.6 Å². The molecule has 2 aromatic rings. The van der Waals surface area contributed by atoms with Crippen molar-refractivity contribution in [2.75, 3.05) is 25.1 Å². The number of nitrogens with two attached hydrogens (primary N) is 1. The third-order valence-electron chi connectivity index (χ3n) is 4.50. The van der Waals surface area contributed by atoms with Crippen molar-refractivity contribution in [3.05, 3.63) is 20.6 Å². The summed E-state index contributed by atoms with van der Waals surface area (Å²) in [6.45, 7) is 7.98. The van der Waals surface area contributed by atoms with Crippen LogP contribution in [0.15, 0.2) is 15.0 Å². The highest BCUT2D eigenvalue weighted by molar-refractivity contribution is 9.13. The Bertz CT molecular complexity index is 743. The number of imidazole rings is 1. The van der Waals surface area contributed by atoms with Crippen LogP contribution in [0.4, 0.5) is 5.95 Å². The van der Waals surface area contributed by atoms with E-state index in [-0.39, 0.29) is 12.1 Å². The van der Waals surface area contributed by atoms with E-state index in [2.05, 4.69) is 68.2 Å². The lowest BCUT2D eigenvalue weighted by atomic mass is 10.2. The second-order valence-corrected chi connectivity index (χ2v) is 8.03. The second kappa shape index (κ2) is 6.35. The molecule has 0 spiro atoms. The van der Waals surface area contributed by atoms with Gasteiger partial charge in [0.05, 0.1) is 23.2 Å². The number of fused-ring (bicyclic) bond motifs is 1. The Kier molecular flexibility index (Phi) is 4.75. The molecule has 126 valence electrons. The maximum atomic E-state index is 6.20. The van der Waals surface area contributed by atoms with Crippen LogP contribution in [0.1, 0.15) is 25.5 Å². The van der Waals surface area contributed by atoms with Gasteiger partial charge in [-0.2, -0.15) is 0 Å². The molecule has 1 aliphatic rings. The lowest BCUT2D eigenvalue weighted by Crippen LogP contribution is -2.34. The summed E-state index contributed by atoms with van der Waals surface area (Å²) < 4.78 is 9.87. The molecule has 1 aromatic carbocycles. The molecule has 0 radical (unpaired) electrons. The lowest BCUT2D eigenvalue weighted by molar-refractivity contribution is 0.108. The van der Waals surface area contributed by atoms with Crippen LogP contribution in [0.2, 0.25) is 0 Å². The van der Waals surface area contributed by atoms with Gasteiger partial charge in [0.1, 0.15) is 0 Å². The Morgan fingerprint density at radius 3 is 2.61 bits per heavy atom. The summed E-state index contributed by atoms with van der Waals surface area (Å²) in [5, 5.41) is 0. The number of hydrogen-bond acceptors (Lipinski definition) is 4. The number of benzene rings is 1. The van der Waals surface area contributed by atoms with E-state index in [1.807, 2.05) is 0 Å². The van der Waals surface area contributed by atoms with Gasteiger partial charge in [0, 0.05) is 35.2 Å². The van der Waals surface area contributed by atoms with Crippen molar-refractivity contribution in [1.29, 1.82) is 0 Å². The highest BCUT2D eigenvalue weighted by atomic mass is 79.9. The topological polar surface area (TPSA) is 56.3 Å². The summed E-state index contributed by atoms with van der Waals surface area (Å²) >= 11 is 7.27. The molecule has 0 aliphatic carbocycles. The normalized spacial score (nSPS) is 21.8. The summed E-state index contributed by atoms with van der Waals surface area (Å²) in [5.74, 6) is 0.970. The summed E-state index contributed by atoms with van der Waals surface area (Å²) in [5.41, 5.74) is 9.50. The van der Waals surface area contributed by atoms with Crippen LogP contribution in [0.3, 0.4) is 0 Å². The fourth-order valence-corrected chi connectivity index (χ4v) is 4.07. The number of ether oxygens (including phenoxy) is 1. The van der Waals surface area contributed by atoms with Gasteiger partial charge in [0.2, 0.25) is 5.95 Å². The molecule has 0 bridgehead atoms. The molecule has 3 rings (SSSR count). The second-order valence-electron chi connectivity index (χ2n) is 6.38. The molecule has 0 amide bonds. The van der Waals surface area contributed by atoms with E-state index >= 15 is 0 Å². The Morgan fingerprint density at radius 1 is 1.35 bits per heavy atom. The van der Waals surface area contributed by atoms with Crippen molar-refractivity contribution in [1.82, 2.24) is 9.55 Å². The first-order valence-electron chi connectivity index (χ1n) is 7.75. The van der Waals surface area contributed by atoms with Gasteiger partial charge in [-0.25, -0.2) is 4.98 Å². The lowest BCUT2D eigenvalue weighted by Gasteiger charge is -2.21. The van der Waals surface area contributed by atoms with Crippen molar-refractivity contribution in [3.8, 4) is 0 Å². The molecule has 2 heterocycles. The zero-order valence-corrected chi connectivity index (χ0v) is 17.0. The van der Waals surface area contributed by atoms with Gasteiger partial charge in [-0.1, -0.05) is 0 Å². The highest BCUT2D eigenvalue weighted by Gasteiger charge is 2.33. The summed E-state index contributed by atoms with van der Waals surface area (Å²) in [6, 6.07) is 2.45. The van der Waals surface area contributed by atoms with E-state index < -0.39 is 0 Å². The zero-order valence-electron chi connectivity index (χ0n) is 13.8. The summed E-state index contributed by atoms with van der Waals surface area (Å²) in [4.78, 5) is 7.18. The van der Waals surface area contributed by atoms with E-state index in [4.69, 9.17) is 15.5 Å². The van der Waals surface area contributed by atoms with Crippen LogP contribution in [-0.2, 0) is 4.74 Å². The minimum atomic E-state index is 0.0139. The summed E-state index contributed by atoms with van der Waals surface area (Å²) in [6.07, 6.45) is 0.0509. The van der Waals surface area contributed by atoms with Gasteiger partial charge in [0.25, 0.3) is 0 Å². The van der Waals surface area contributed by atoms with E-state index in [1.165, 1.54) is 0 Å². The number of aromatic nitrogens is 2. The molecule has 2 atom stereocenters. The van der Waals surface area contributed by atoms with Crippen LogP contribution in [0.5, 0.6) is 0 Å². The van der Waals surface area contributed by atoms with Gasteiger partial charge >= 0.3 is 0 Å². The first kappa shape index (κ1) is 17.2. The Labute approximate surface area is 153 Å². The van der Waals surface area contributed by atoms with Crippen LogP contribution in [0.25, 0.3) is 11.0 Å². The fraction of sp³-hybridized carbons (Fsp3) is 0.562. The maximum Gasteiger partial charge on any atom is 0.206 e. The third kappa shape index (κ3) is 2.81. The van der Waals surface area contributed by atoms with Crippen molar-refractivity contribution in [2.24, 2.45) is 5.73 Å². The molecular formula is C16H22Br2N4O. The molecule has 2 N–H and O–H groups in total. The molecule has 1 saturated heterocycles. The molecule has 23 heavy (non-hydrogen) atoms. The number of nitrogens with zero attached hydrogens (tertiary/aromatic N) is 3. The van der Waals surface area contributed by atoms with Crippen LogP contribution in [0, 0.1) is 6.92 Å². The third-order valence-corrected chi connectivity index (χ3v) is 6.68. The highest BCUT2D eigenvalue weighted by Crippen LogP contribution is 2.37. The number of halogens is 2. The van der Waals surface area contributed by atoms with Crippen LogP contribution >= 0.6 is 31.9 Å². The molecule has 2 unspecified atom stereocenters. The first-order chi connectivity index (χ1) is 10.8. The predicted octanol–water partition coefficient (Wildman–Crippen LogP) is 3.61. The largest absolute Gasteiger partial charge is 0.378 e. The van der Waals surface area contributed by atoms with Crippen LogP contribution in [-0.4, -0.2) is 41.9 Å². The van der Waals surface area contributed by atoms with Crippen molar-refractivity contribution < 1.29 is 4.74 Å². The minimum Gasteiger partial charge on any atom is -0.378 e. The molecule has 5 nitrogen and oxygen atoms in total. The smallest absolute Gasteiger partial charge is 0.206 e. The molecule has 7 heteroatoms. The average molecular weight is 446 g/mol. The SMILES string of the molecule is COC1CN(c2nc3c(C)c(Br)c(Br)cc3n2C(C)C)CC1N. The average Bonchev–Trinajstić information content (AvgIpc) is 3.05. The zero-order chi connectivity index (χ0) is 16.9. The fourth-order valence-electron chi connectivity index (χ4n) is 3.26. The number of anilines is 1. The van der Waals surface area contributed by atoms with E-state index in [1.54, 1.807) is 7.11 Å². The maximum absolute atomic E-state index is 6.20. The van der Waals surface area contributed by atoms with Gasteiger partial charge in [-0.3, -0.25) is 0 Å². The number of rotatable bonds is 3. The summed E-state index contributed by atoms with van der Waals surface area (Å²) in [7, 11) is 1.72. The van der Waals surface area contributed by atoms with Crippen LogP contribution < -0.4 is 10.6 Å². The van der Waals surface area contributed by atoms with Crippen molar-refractivity contribution >= 4 is 48.8 Å². The van der Waals surface area contributed by atoms with Crippen molar-refractivity contribution in [2.45, 2.75) is 39.0 Å². The number of hydrogen-bond donors (Lipinski definition) is 1. The quantitative estimate of drug-likeness (QED) is 0.783. The van der Waals surface area contributed by atoms with Gasteiger partial charge < -0.3 is 19.9 Å². The Balaban J connectivity index is 2.18. The minimum absolute atomic E-state index is 0.0139. The van der Waals surface area contributed by atoms with Gasteiger partial charge in [-0.15, -0.1) is 0 Å². The molecule has 0 saturated carbocycles. The first-order valence-corrected chi connectivity index (χ1v) is 9.33. The number of methoxy groups -OCH3 is 1. The van der Waals surface area contributed by atoms with Crippen molar-refractivity contribution in [3.63, 3.8) is 0 Å². The monoisotopic (exact) mass is 444 g/mol. The molecule has 1 aliphatic heterocycles. The predicted molar refractivity (Wildman–Crippen MR) is 101 cm³/mol. The number of aryl methyl sites for hydroxylation is 1. The standard InChI is InChI=1S/C16H22Br2N4O/c1-8(2)22-12-5-10(17)14(18)9(3)15(12)20-16(22)21-6-11(19)13(7-21)23-4/h5,8,11,13H,6-7,19H2,1-4H3. The Hall–Kier alpha value is -0.630. The van der Waals surface area contributed by atoms with E-state index in [9.17, 15) is 0 Å². The molecular weight excluding hydrogens is 424 g/mol. The molecule has 1 aromatic heterocycles. The van der Waals surface area contributed by atoms with Gasteiger partial charge in [-0.05, 0) is 64.3 Å².